The smallest absolute Gasteiger partial charge is 0.138 e. The summed E-state index contributed by atoms with van der Waals surface area (Å²) in [7, 11) is 0. The second-order valence-corrected chi connectivity index (χ2v) is 3.42. The van der Waals surface area contributed by atoms with E-state index in [-0.39, 0.29) is 0 Å². The highest BCUT2D eigenvalue weighted by Crippen LogP contribution is 2.24. The van der Waals surface area contributed by atoms with E-state index in [0.29, 0.717) is 0 Å². The molecule has 0 radical (unpaired) electrons. The van der Waals surface area contributed by atoms with Crippen LogP contribution in [0.3, 0.4) is 0 Å². The van der Waals surface area contributed by atoms with Gasteiger partial charge in [0.25, 0.3) is 0 Å². The zero-order chi connectivity index (χ0) is 8.67. The normalized spacial score (nSPS) is 14.8. The maximum Gasteiger partial charge on any atom is 0.138 e. The van der Waals surface area contributed by atoms with Crippen molar-refractivity contribution in [3.8, 4) is 0 Å². The van der Waals surface area contributed by atoms with Gasteiger partial charge in [0.1, 0.15) is 11.8 Å². The third kappa shape index (κ3) is 1.00. The lowest BCUT2D eigenvalue weighted by Gasteiger charge is -1.99. The fourth-order valence-electron chi connectivity index (χ4n) is 1.96. The highest BCUT2D eigenvalue weighted by Gasteiger charge is 2.12. The van der Waals surface area contributed by atoms with E-state index in [2.05, 4.69) is 27.3 Å². The predicted octanol–water partition coefficient (Wildman–Crippen LogP) is 1.51. The molecule has 2 aromatic rings. The fraction of sp³-hybridized carbons (Fsp3) is 0.300. The molecule has 64 valence electrons. The van der Waals surface area contributed by atoms with Crippen LogP contribution in [0.15, 0.2) is 18.5 Å². The van der Waals surface area contributed by atoms with Gasteiger partial charge in [-0.2, -0.15) is 0 Å². The standard InChI is InChI=1S/C10H9N3/c1-2-7-4-9-10(5-8(7)3-1)13-12-6-11-9/h4-6H,1-3H2. The molecule has 0 bridgehead atoms. The van der Waals surface area contributed by atoms with Crippen molar-refractivity contribution in [3.63, 3.8) is 0 Å². The van der Waals surface area contributed by atoms with Crippen LogP contribution in [-0.4, -0.2) is 15.2 Å². The summed E-state index contributed by atoms with van der Waals surface area (Å²) in [4.78, 5) is 4.19. The van der Waals surface area contributed by atoms with E-state index in [0.717, 1.165) is 11.0 Å². The second-order valence-electron chi connectivity index (χ2n) is 3.42. The van der Waals surface area contributed by atoms with Crippen LogP contribution in [0.25, 0.3) is 11.0 Å². The van der Waals surface area contributed by atoms with Crippen molar-refractivity contribution >= 4 is 11.0 Å². The van der Waals surface area contributed by atoms with Gasteiger partial charge >= 0.3 is 0 Å². The van der Waals surface area contributed by atoms with Crippen molar-refractivity contribution < 1.29 is 0 Å². The van der Waals surface area contributed by atoms with Gasteiger partial charge in [0.05, 0.1) is 5.52 Å². The van der Waals surface area contributed by atoms with Crippen LogP contribution in [-0.2, 0) is 12.8 Å². The molecule has 0 amide bonds. The Kier molecular flexibility index (Phi) is 1.33. The molecule has 0 aliphatic heterocycles. The summed E-state index contributed by atoms with van der Waals surface area (Å²) in [6.45, 7) is 0. The summed E-state index contributed by atoms with van der Waals surface area (Å²) in [6.07, 6.45) is 5.14. The molecule has 1 aromatic carbocycles. The minimum absolute atomic E-state index is 0.920. The van der Waals surface area contributed by atoms with Crippen LogP contribution in [0.5, 0.6) is 0 Å². The van der Waals surface area contributed by atoms with Crippen molar-refractivity contribution in [2.45, 2.75) is 19.3 Å². The van der Waals surface area contributed by atoms with E-state index in [1.54, 1.807) is 0 Å². The molecule has 0 spiro atoms. The van der Waals surface area contributed by atoms with Crippen LogP contribution in [0, 0.1) is 0 Å². The number of aromatic nitrogens is 3. The highest BCUT2D eigenvalue weighted by molar-refractivity contribution is 5.75. The van der Waals surface area contributed by atoms with Crippen LogP contribution in [0.4, 0.5) is 0 Å². The number of benzene rings is 1. The van der Waals surface area contributed by atoms with Gasteiger partial charge < -0.3 is 0 Å². The average Bonchev–Trinajstić information content (AvgIpc) is 2.61. The van der Waals surface area contributed by atoms with E-state index in [4.69, 9.17) is 0 Å². The largest absolute Gasteiger partial charge is 0.233 e. The zero-order valence-electron chi connectivity index (χ0n) is 7.20. The molecule has 3 rings (SSSR count). The Morgan fingerprint density at radius 2 is 1.77 bits per heavy atom. The van der Waals surface area contributed by atoms with Crippen molar-refractivity contribution in [3.05, 3.63) is 29.6 Å². The first-order valence-electron chi connectivity index (χ1n) is 4.53. The summed E-state index contributed by atoms with van der Waals surface area (Å²) in [5.74, 6) is 0. The SMILES string of the molecule is c1nnc2cc3c(cc2n1)CCC3. The molecule has 13 heavy (non-hydrogen) atoms. The Hall–Kier alpha value is -1.51. The molecule has 1 aliphatic rings. The Balaban J connectivity index is 2.36. The number of hydrogen-bond acceptors (Lipinski definition) is 3. The lowest BCUT2D eigenvalue weighted by molar-refractivity contribution is 0.912. The lowest BCUT2D eigenvalue weighted by atomic mass is 10.1. The zero-order valence-corrected chi connectivity index (χ0v) is 7.20. The van der Waals surface area contributed by atoms with Gasteiger partial charge in [0, 0.05) is 0 Å². The summed E-state index contributed by atoms with van der Waals surface area (Å²) >= 11 is 0. The molecule has 0 saturated heterocycles. The van der Waals surface area contributed by atoms with Crippen LogP contribution in [0.1, 0.15) is 17.5 Å². The predicted molar refractivity (Wildman–Crippen MR) is 49.4 cm³/mol. The van der Waals surface area contributed by atoms with Crippen LogP contribution < -0.4 is 0 Å². The molecule has 0 saturated carbocycles. The van der Waals surface area contributed by atoms with Gasteiger partial charge in [0.15, 0.2) is 0 Å². The van der Waals surface area contributed by atoms with E-state index in [1.165, 1.54) is 36.7 Å². The van der Waals surface area contributed by atoms with E-state index in [1.807, 2.05) is 0 Å². The summed E-state index contributed by atoms with van der Waals surface area (Å²) in [5, 5.41) is 7.82. The number of rotatable bonds is 0. The van der Waals surface area contributed by atoms with E-state index in [9.17, 15) is 0 Å². The molecule has 3 heteroatoms. The van der Waals surface area contributed by atoms with Gasteiger partial charge in [0.2, 0.25) is 0 Å². The molecule has 0 unspecified atom stereocenters. The van der Waals surface area contributed by atoms with Crippen molar-refractivity contribution in [2.75, 3.05) is 0 Å². The first kappa shape index (κ1) is 6.95. The second kappa shape index (κ2) is 2.49. The summed E-state index contributed by atoms with van der Waals surface area (Å²) in [5.41, 5.74) is 4.75. The third-order valence-electron chi connectivity index (χ3n) is 2.60. The van der Waals surface area contributed by atoms with Gasteiger partial charge in [-0.25, -0.2) is 4.98 Å². The van der Waals surface area contributed by atoms with E-state index < -0.39 is 0 Å². The summed E-state index contributed by atoms with van der Waals surface area (Å²) in [6, 6.07) is 4.27. The topological polar surface area (TPSA) is 38.7 Å². The third-order valence-corrected chi connectivity index (χ3v) is 2.60. The molecule has 1 aromatic heterocycles. The number of aryl methyl sites for hydroxylation is 2. The van der Waals surface area contributed by atoms with Crippen molar-refractivity contribution in [1.82, 2.24) is 15.2 Å². The van der Waals surface area contributed by atoms with Gasteiger partial charge in [-0.15, -0.1) is 10.2 Å². The first-order valence-corrected chi connectivity index (χ1v) is 4.53. The maximum atomic E-state index is 4.19. The maximum absolute atomic E-state index is 4.19. The fourth-order valence-corrected chi connectivity index (χ4v) is 1.96. The van der Waals surface area contributed by atoms with Crippen molar-refractivity contribution in [1.29, 1.82) is 0 Å². The van der Waals surface area contributed by atoms with Crippen LogP contribution >= 0.6 is 0 Å². The molecule has 1 heterocycles. The Morgan fingerprint density at radius 3 is 2.62 bits per heavy atom. The summed E-state index contributed by atoms with van der Waals surface area (Å²) < 4.78 is 0. The molecule has 0 fully saturated rings. The Bertz CT molecular complexity index is 422. The van der Waals surface area contributed by atoms with Gasteiger partial charge in [-0.1, -0.05) is 0 Å². The van der Waals surface area contributed by atoms with Gasteiger partial charge in [-0.3, -0.25) is 0 Å². The van der Waals surface area contributed by atoms with Crippen molar-refractivity contribution in [2.24, 2.45) is 0 Å². The molecule has 0 N–H and O–H groups in total. The Labute approximate surface area is 75.8 Å². The molecular weight excluding hydrogens is 162 g/mol. The van der Waals surface area contributed by atoms with E-state index >= 15 is 0 Å². The van der Waals surface area contributed by atoms with Crippen LogP contribution in [0.2, 0.25) is 0 Å². The molecule has 3 nitrogen and oxygen atoms in total. The molecular formula is C10H9N3. The highest BCUT2D eigenvalue weighted by atomic mass is 15.1. The Morgan fingerprint density at radius 1 is 1.00 bits per heavy atom. The lowest BCUT2D eigenvalue weighted by Crippen LogP contribution is -1.90. The molecule has 1 aliphatic carbocycles. The quantitative estimate of drug-likeness (QED) is 0.603. The minimum atomic E-state index is 0.920. The number of fused-ring (bicyclic) bond motifs is 2. The van der Waals surface area contributed by atoms with Gasteiger partial charge in [-0.05, 0) is 42.5 Å². The average molecular weight is 171 g/mol. The molecule has 0 atom stereocenters. The number of nitrogens with zero attached hydrogens (tertiary/aromatic N) is 3. The monoisotopic (exact) mass is 171 g/mol. The first-order chi connectivity index (χ1) is 6.43. The minimum Gasteiger partial charge on any atom is -0.233 e. The number of hydrogen-bond donors (Lipinski definition) is 0.